The molecule has 0 amide bonds. The highest BCUT2D eigenvalue weighted by molar-refractivity contribution is 5.87. The van der Waals surface area contributed by atoms with Crippen LogP contribution in [0, 0.1) is 0 Å². The summed E-state index contributed by atoms with van der Waals surface area (Å²) in [4.78, 5) is 20.8. The van der Waals surface area contributed by atoms with Crippen LogP contribution in [0.15, 0.2) is 18.2 Å². The van der Waals surface area contributed by atoms with Crippen molar-refractivity contribution in [3.8, 4) is 11.5 Å². The molecule has 15 heavy (non-hydrogen) atoms. The Morgan fingerprint density at radius 2 is 2.07 bits per heavy atom. The van der Waals surface area contributed by atoms with E-state index >= 15 is 0 Å². The minimum absolute atomic E-state index is 0.153. The molecule has 0 aliphatic heterocycles. The first kappa shape index (κ1) is 11.0. The van der Waals surface area contributed by atoms with Gasteiger partial charge in [-0.2, -0.15) is 0 Å². The number of phenols is 1. The number of rotatable bonds is 4. The van der Waals surface area contributed by atoms with Crippen molar-refractivity contribution in [1.82, 2.24) is 0 Å². The number of aldehydes is 2. The number of hydrogen-bond donors (Lipinski definition) is 1. The molecule has 1 aromatic carbocycles. The second-order valence-electron chi connectivity index (χ2n) is 2.73. The van der Waals surface area contributed by atoms with Gasteiger partial charge in [-0.25, -0.2) is 0 Å². The largest absolute Gasteiger partial charge is 0.504 e. The number of phenolic OH excluding ortho intramolecular Hbond substituents is 1. The molecule has 0 saturated carbocycles. The number of aromatic hydroxyl groups is 1. The van der Waals surface area contributed by atoms with E-state index in [-0.39, 0.29) is 17.1 Å². The Kier molecular flexibility index (Phi) is 3.62. The highest BCUT2D eigenvalue weighted by Crippen LogP contribution is 2.32. The third-order valence-electron chi connectivity index (χ3n) is 1.90. The number of hydrogen-bond acceptors (Lipinski definition) is 4. The van der Waals surface area contributed by atoms with Crippen LogP contribution in [0.5, 0.6) is 11.5 Å². The summed E-state index contributed by atoms with van der Waals surface area (Å²) in [5.41, 5.74) is 0.572. The monoisotopic (exact) mass is 206 g/mol. The quantitative estimate of drug-likeness (QED) is 0.597. The molecule has 0 heterocycles. The van der Waals surface area contributed by atoms with Crippen LogP contribution in [0.3, 0.4) is 0 Å². The van der Waals surface area contributed by atoms with Crippen LogP contribution >= 0.6 is 0 Å². The first-order chi connectivity index (χ1) is 7.24. The summed E-state index contributed by atoms with van der Waals surface area (Å²) in [6, 6.07) is 2.99. The van der Waals surface area contributed by atoms with Crippen molar-refractivity contribution in [2.45, 2.75) is 0 Å². The van der Waals surface area contributed by atoms with E-state index in [9.17, 15) is 14.7 Å². The van der Waals surface area contributed by atoms with E-state index in [1.165, 1.54) is 31.4 Å². The van der Waals surface area contributed by atoms with Crippen LogP contribution in [0.4, 0.5) is 0 Å². The molecule has 0 saturated heterocycles. The molecule has 0 fully saturated rings. The summed E-state index contributed by atoms with van der Waals surface area (Å²) < 4.78 is 4.88. The molecule has 0 bridgehead atoms. The van der Waals surface area contributed by atoms with Crippen molar-refractivity contribution in [2.24, 2.45) is 0 Å². The number of allylic oxidation sites excluding steroid dienone is 1. The van der Waals surface area contributed by atoms with Gasteiger partial charge in [-0.1, -0.05) is 0 Å². The lowest BCUT2D eigenvalue weighted by atomic mass is 10.1. The maximum absolute atomic E-state index is 10.7. The highest BCUT2D eigenvalue weighted by atomic mass is 16.5. The fraction of sp³-hybridized carbons (Fsp3) is 0.0909. The van der Waals surface area contributed by atoms with E-state index in [4.69, 9.17) is 4.74 Å². The molecule has 1 N–H and O–H groups in total. The predicted molar refractivity (Wildman–Crippen MR) is 55.1 cm³/mol. The van der Waals surface area contributed by atoms with Gasteiger partial charge in [0.15, 0.2) is 17.8 Å². The van der Waals surface area contributed by atoms with E-state index in [2.05, 4.69) is 0 Å². The summed E-state index contributed by atoms with van der Waals surface area (Å²) >= 11 is 0. The highest BCUT2D eigenvalue weighted by Gasteiger charge is 2.09. The fourth-order valence-corrected chi connectivity index (χ4v) is 1.18. The minimum atomic E-state index is -0.153. The second-order valence-corrected chi connectivity index (χ2v) is 2.73. The van der Waals surface area contributed by atoms with Crippen LogP contribution in [0.25, 0.3) is 6.08 Å². The van der Waals surface area contributed by atoms with Gasteiger partial charge in [0.1, 0.15) is 6.29 Å². The third-order valence-corrected chi connectivity index (χ3v) is 1.90. The van der Waals surface area contributed by atoms with Crippen molar-refractivity contribution < 1.29 is 19.4 Å². The van der Waals surface area contributed by atoms with E-state index in [1.807, 2.05) is 0 Å². The van der Waals surface area contributed by atoms with Gasteiger partial charge in [0.2, 0.25) is 0 Å². The second kappa shape index (κ2) is 4.95. The van der Waals surface area contributed by atoms with Gasteiger partial charge in [0, 0.05) is 11.1 Å². The molecule has 1 rings (SSSR count). The number of carbonyl (C=O) groups is 2. The van der Waals surface area contributed by atoms with Gasteiger partial charge in [-0.15, -0.1) is 0 Å². The normalized spacial score (nSPS) is 10.2. The average Bonchev–Trinajstić information content (AvgIpc) is 2.27. The van der Waals surface area contributed by atoms with Crippen LogP contribution in [-0.4, -0.2) is 24.8 Å². The molecule has 0 radical (unpaired) electrons. The molecule has 0 atom stereocenters. The Morgan fingerprint density at radius 1 is 1.33 bits per heavy atom. The zero-order valence-electron chi connectivity index (χ0n) is 8.14. The molecule has 78 valence electrons. The Balaban J connectivity index is 3.34. The molecule has 0 aliphatic carbocycles. The van der Waals surface area contributed by atoms with Crippen molar-refractivity contribution in [2.75, 3.05) is 7.11 Å². The predicted octanol–water partition coefficient (Wildman–Crippen LogP) is 1.43. The molecule has 0 unspecified atom stereocenters. The summed E-state index contributed by atoms with van der Waals surface area (Å²) in [6.07, 6.45) is 3.72. The average molecular weight is 206 g/mol. The Bertz CT molecular complexity index is 407. The van der Waals surface area contributed by atoms with Gasteiger partial charge in [-0.05, 0) is 24.3 Å². The molecule has 1 aromatic rings. The number of benzene rings is 1. The number of methoxy groups -OCH3 is 1. The minimum Gasteiger partial charge on any atom is -0.504 e. The molecular weight excluding hydrogens is 196 g/mol. The Labute approximate surface area is 86.8 Å². The lowest BCUT2D eigenvalue weighted by Gasteiger charge is -2.07. The number of carbonyl (C=O) groups excluding carboxylic acids is 2. The summed E-state index contributed by atoms with van der Waals surface area (Å²) in [5, 5.41) is 9.68. The van der Waals surface area contributed by atoms with Gasteiger partial charge in [0.25, 0.3) is 0 Å². The first-order valence-electron chi connectivity index (χ1n) is 4.21. The molecular formula is C11H10O4. The molecule has 4 nitrogen and oxygen atoms in total. The van der Waals surface area contributed by atoms with E-state index in [1.54, 1.807) is 0 Å². The fourth-order valence-electron chi connectivity index (χ4n) is 1.18. The lowest BCUT2D eigenvalue weighted by molar-refractivity contribution is -0.104. The van der Waals surface area contributed by atoms with Gasteiger partial charge >= 0.3 is 0 Å². The van der Waals surface area contributed by atoms with Crippen LogP contribution in [0.1, 0.15) is 15.9 Å². The smallest absolute Gasteiger partial charge is 0.165 e. The topological polar surface area (TPSA) is 63.6 Å². The Morgan fingerprint density at radius 3 is 2.60 bits per heavy atom. The first-order valence-corrected chi connectivity index (χ1v) is 4.21. The van der Waals surface area contributed by atoms with Gasteiger partial charge < -0.3 is 9.84 Å². The maximum atomic E-state index is 10.7. The molecule has 4 heteroatoms. The van der Waals surface area contributed by atoms with Crippen molar-refractivity contribution in [1.29, 1.82) is 0 Å². The van der Waals surface area contributed by atoms with Crippen LogP contribution in [-0.2, 0) is 4.79 Å². The lowest BCUT2D eigenvalue weighted by Crippen LogP contribution is -1.91. The summed E-state index contributed by atoms with van der Waals surface area (Å²) in [5.74, 6) is 0.103. The standard InChI is InChI=1S/C11H10O4/c1-15-10-5-4-8(7-13)9(11(10)14)3-2-6-12/h2-7,14H,1H3. The summed E-state index contributed by atoms with van der Waals surface area (Å²) in [6.45, 7) is 0. The van der Waals surface area contributed by atoms with Gasteiger partial charge in [0.05, 0.1) is 7.11 Å². The van der Waals surface area contributed by atoms with Crippen LogP contribution < -0.4 is 4.74 Å². The molecule has 0 spiro atoms. The molecule has 0 aromatic heterocycles. The number of ether oxygens (including phenoxy) is 1. The maximum Gasteiger partial charge on any atom is 0.165 e. The van der Waals surface area contributed by atoms with Gasteiger partial charge in [-0.3, -0.25) is 9.59 Å². The van der Waals surface area contributed by atoms with Crippen molar-refractivity contribution in [3.63, 3.8) is 0 Å². The molecule has 0 aliphatic rings. The third kappa shape index (κ3) is 2.22. The van der Waals surface area contributed by atoms with Crippen LogP contribution in [0.2, 0.25) is 0 Å². The SMILES string of the molecule is COc1ccc(C=O)c(C=CC=O)c1O. The zero-order chi connectivity index (χ0) is 11.3. The summed E-state index contributed by atoms with van der Waals surface area (Å²) in [7, 11) is 1.41. The van der Waals surface area contributed by atoms with E-state index in [0.717, 1.165) is 0 Å². The van der Waals surface area contributed by atoms with E-state index in [0.29, 0.717) is 18.1 Å². The zero-order valence-corrected chi connectivity index (χ0v) is 8.14. The van der Waals surface area contributed by atoms with E-state index < -0.39 is 0 Å². The Hall–Kier alpha value is -2.10. The van der Waals surface area contributed by atoms with Crippen molar-refractivity contribution >= 4 is 18.6 Å². The van der Waals surface area contributed by atoms with Crippen molar-refractivity contribution in [3.05, 3.63) is 29.3 Å².